The first-order valence-electron chi connectivity index (χ1n) is 7.33. The molecule has 0 spiro atoms. The number of phenols is 1. The van der Waals surface area contributed by atoms with Crippen molar-refractivity contribution in [2.45, 2.75) is 6.42 Å². The molecule has 0 saturated heterocycles. The number of rotatable bonds is 4. The van der Waals surface area contributed by atoms with Crippen LogP contribution >= 0.6 is 0 Å². The highest BCUT2D eigenvalue weighted by Gasteiger charge is 2.32. The van der Waals surface area contributed by atoms with Gasteiger partial charge in [-0.25, -0.2) is 0 Å². The molecule has 120 valence electrons. The van der Waals surface area contributed by atoms with Crippen molar-refractivity contribution in [1.82, 2.24) is 0 Å². The molecule has 0 fully saturated rings. The summed E-state index contributed by atoms with van der Waals surface area (Å²) in [7, 11) is 3.07. The molecule has 2 aromatic rings. The number of hydrogen-bond acceptors (Lipinski definition) is 5. The third kappa shape index (κ3) is 2.95. The number of benzene rings is 2. The summed E-state index contributed by atoms with van der Waals surface area (Å²) in [6.45, 7) is 0.309. The number of ether oxygens (including phenoxy) is 3. The van der Waals surface area contributed by atoms with Gasteiger partial charge in [-0.2, -0.15) is 0 Å². The minimum absolute atomic E-state index is 0.00109. The molecule has 3 rings (SSSR count). The highest BCUT2D eigenvalue weighted by atomic mass is 16.5. The van der Waals surface area contributed by atoms with Gasteiger partial charge in [0.25, 0.3) is 0 Å². The summed E-state index contributed by atoms with van der Waals surface area (Å²) in [5.41, 5.74) is 1.43. The summed E-state index contributed by atoms with van der Waals surface area (Å²) in [5, 5.41) is 9.34. The Morgan fingerprint density at radius 2 is 1.91 bits per heavy atom. The lowest BCUT2D eigenvalue weighted by Crippen LogP contribution is -2.30. The predicted molar refractivity (Wildman–Crippen MR) is 84.7 cm³/mol. The van der Waals surface area contributed by atoms with E-state index >= 15 is 0 Å². The van der Waals surface area contributed by atoms with Gasteiger partial charge in [-0.05, 0) is 24.1 Å². The summed E-state index contributed by atoms with van der Waals surface area (Å²) in [6.07, 6.45) is 0.549. The molecule has 0 bridgehead atoms. The van der Waals surface area contributed by atoms with Gasteiger partial charge in [0.15, 0.2) is 5.78 Å². The molecule has 23 heavy (non-hydrogen) atoms. The van der Waals surface area contributed by atoms with Crippen LogP contribution in [0.25, 0.3) is 0 Å². The maximum absolute atomic E-state index is 12.8. The van der Waals surface area contributed by atoms with Crippen LogP contribution in [0.15, 0.2) is 36.4 Å². The van der Waals surface area contributed by atoms with Gasteiger partial charge < -0.3 is 19.3 Å². The van der Waals surface area contributed by atoms with Crippen molar-refractivity contribution in [3.63, 3.8) is 0 Å². The van der Waals surface area contributed by atoms with Crippen molar-refractivity contribution in [1.29, 1.82) is 0 Å². The molecular weight excluding hydrogens is 296 g/mol. The second-order valence-electron chi connectivity index (χ2n) is 5.45. The molecule has 0 aromatic heterocycles. The van der Waals surface area contributed by atoms with Gasteiger partial charge in [0, 0.05) is 12.1 Å². The molecule has 0 radical (unpaired) electrons. The number of ketones is 1. The monoisotopic (exact) mass is 314 g/mol. The Kier molecular flexibility index (Phi) is 4.10. The Balaban J connectivity index is 1.89. The van der Waals surface area contributed by atoms with E-state index in [1.165, 1.54) is 7.11 Å². The first-order chi connectivity index (χ1) is 11.1. The Bertz CT molecular complexity index is 704. The molecule has 2 aromatic carbocycles. The zero-order valence-electron chi connectivity index (χ0n) is 13.0. The second kappa shape index (κ2) is 6.20. The highest BCUT2D eigenvalue weighted by molar-refractivity contribution is 6.04. The largest absolute Gasteiger partial charge is 0.508 e. The van der Waals surface area contributed by atoms with Gasteiger partial charge in [0.1, 0.15) is 28.6 Å². The summed E-state index contributed by atoms with van der Waals surface area (Å²) < 4.78 is 16.3. The lowest BCUT2D eigenvalue weighted by Gasteiger charge is -2.26. The van der Waals surface area contributed by atoms with Crippen molar-refractivity contribution < 1.29 is 24.1 Å². The Morgan fingerprint density at radius 1 is 1.17 bits per heavy atom. The number of aromatic hydroxyl groups is 1. The summed E-state index contributed by atoms with van der Waals surface area (Å²) >= 11 is 0. The Labute approximate surface area is 134 Å². The summed E-state index contributed by atoms with van der Waals surface area (Å²) in [6, 6.07) is 10.2. The van der Waals surface area contributed by atoms with E-state index in [4.69, 9.17) is 14.2 Å². The average Bonchev–Trinajstić information content (AvgIpc) is 2.58. The molecule has 5 heteroatoms. The van der Waals surface area contributed by atoms with Crippen LogP contribution in [-0.2, 0) is 6.42 Å². The molecule has 1 aliphatic rings. The van der Waals surface area contributed by atoms with Crippen molar-refractivity contribution in [2.24, 2.45) is 5.92 Å². The zero-order valence-corrected chi connectivity index (χ0v) is 13.0. The number of carbonyl (C=O) groups is 1. The maximum atomic E-state index is 12.8. The van der Waals surface area contributed by atoms with Crippen LogP contribution in [0.5, 0.6) is 23.0 Å². The van der Waals surface area contributed by atoms with Crippen LogP contribution in [0.1, 0.15) is 15.9 Å². The van der Waals surface area contributed by atoms with Gasteiger partial charge in [-0.15, -0.1) is 0 Å². The van der Waals surface area contributed by atoms with E-state index in [0.717, 1.165) is 5.56 Å². The van der Waals surface area contributed by atoms with Gasteiger partial charge in [0.05, 0.1) is 26.7 Å². The molecule has 0 saturated carbocycles. The predicted octanol–water partition coefficient (Wildman–Crippen LogP) is 2.84. The number of methoxy groups -OCH3 is 2. The molecule has 1 atom stereocenters. The van der Waals surface area contributed by atoms with Gasteiger partial charge in [-0.1, -0.05) is 12.1 Å². The Morgan fingerprint density at radius 3 is 2.57 bits per heavy atom. The van der Waals surface area contributed by atoms with Crippen LogP contribution in [0.2, 0.25) is 0 Å². The fourth-order valence-corrected chi connectivity index (χ4v) is 2.74. The van der Waals surface area contributed by atoms with E-state index < -0.39 is 0 Å². The molecule has 1 aliphatic heterocycles. The van der Waals surface area contributed by atoms with Crippen molar-refractivity contribution in [2.75, 3.05) is 20.8 Å². The van der Waals surface area contributed by atoms with E-state index in [9.17, 15) is 9.90 Å². The highest BCUT2D eigenvalue weighted by Crippen LogP contribution is 2.39. The fraction of sp³-hybridized carbons (Fsp3) is 0.278. The van der Waals surface area contributed by atoms with Crippen molar-refractivity contribution >= 4 is 5.78 Å². The SMILES string of the molecule is COc1cc(OC)c2c(c1)OCC(Cc1ccc(O)cc1)C2=O. The molecule has 1 heterocycles. The standard InChI is InChI=1S/C18H18O5/c1-21-14-8-15(22-2)17-16(9-14)23-10-12(18(17)20)7-11-3-5-13(19)6-4-11/h3-6,8-9,12,19H,7,10H2,1-2H3. The van der Waals surface area contributed by atoms with Gasteiger partial charge in [0.2, 0.25) is 0 Å². The Hall–Kier alpha value is -2.69. The zero-order chi connectivity index (χ0) is 16.4. The number of Topliss-reactive ketones (excluding diaryl/α,β-unsaturated/α-hetero) is 1. The summed E-state index contributed by atoms with van der Waals surface area (Å²) in [5.74, 6) is 1.46. The molecule has 1 unspecified atom stereocenters. The third-order valence-corrected chi connectivity index (χ3v) is 3.97. The molecule has 0 amide bonds. The lowest BCUT2D eigenvalue weighted by atomic mass is 9.89. The molecule has 1 N–H and O–H groups in total. The van der Waals surface area contributed by atoms with Gasteiger partial charge in [-0.3, -0.25) is 4.79 Å². The smallest absolute Gasteiger partial charge is 0.177 e. The summed E-state index contributed by atoms with van der Waals surface area (Å²) in [4.78, 5) is 12.8. The normalized spacial score (nSPS) is 16.4. The number of fused-ring (bicyclic) bond motifs is 1. The van der Waals surface area contributed by atoms with Crippen LogP contribution in [-0.4, -0.2) is 31.7 Å². The number of phenolic OH excluding ortho intramolecular Hbond substituents is 1. The maximum Gasteiger partial charge on any atom is 0.177 e. The topological polar surface area (TPSA) is 65.0 Å². The number of hydrogen-bond donors (Lipinski definition) is 1. The minimum atomic E-state index is -0.283. The van der Waals surface area contributed by atoms with E-state index in [1.54, 1.807) is 31.4 Å². The van der Waals surface area contributed by atoms with Crippen LogP contribution in [0.4, 0.5) is 0 Å². The molecular formula is C18H18O5. The van der Waals surface area contributed by atoms with Crippen molar-refractivity contribution in [3.8, 4) is 23.0 Å². The molecule has 5 nitrogen and oxygen atoms in total. The first-order valence-corrected chi connectivity index (χ1v) is 7.33. The van der Waals surface area contributed by atoms with E-state index in [2.05, 4.69) is 0 Å². The minimum Gasteiger partial charge on any atom is -0.508 e. The van der Waals surface area contributed by atoms with Crippen LogP contribution in [0.3, 0.4) is 0 Å². The van der Waals surface area contributed by atoms with Crippen molar-refractivity contribution in [3.05, 3.63) is 47.5 Å². The lowest BCUT2D eigenvalue weighted by molar-refractivity contribution is 0.0825. The van der Waals surface area contributed by atoms with E-state index in [-0.39, 0.29) is 17.5 Å². The first kappa shape index (κ1) is 15.2. The quantitative estimate of drug-likeness (QED) is 0.940. The van der Waals surface area contributed by atoms with Crippen LogP contribution in [0, 0.1) is 5.92 Å². The van der Waals surface area contributed by atoms with Crippen LogP contribution < -0.4 is 14.2 Å². The fourth-order valence-electron chi connectivity index (χ4n) is 2.74. The average molecular weight is 314 g/mol. The molecule has 0 aliphatic carbocycles. The van der Waals surface area contributed by atoms with E-state index in [0.29, 0.717) is 35.8 Å². The van der Waals surface area contributed by atoms with Gasteiger partial charge >= 0.3 is 0 Å². The second-order valence-corrected chi connectivity index (χ2v) is 5.45. The van der Waals surface area contributed by atoms with E-state index in [1.807, 2.05) is 12.1 Å². The number of carbonyl (C=O) groups excluding carboxylic acids is 1. The third-order valence-electron chi connectivity index (χ3n) is 3.97.